The predicted molar refractivity (Wildman–Crippen MR) is 95.1 cm³/mol. The van der Waals surface area contributed by atoms with Gasteiger partial charge in [-0.2, -0.15) is 4.31 Å². The minimum Gasteiger partial charge on any atom is -0.420 e. The van der Waals surface area contributed by atoms with Gasteiger partial charge in [0.1, 0.15) is 0 Å². The number of rotatable bonds is 4. The second-order valence-corrected chi connectivity index (χ2v) is 8.36. The van der Waals surface area contributed by atoms with Gasteiger partial charge in [0, 0.05) is 30.5 Å². The maximum absolute atomic E-state index is 12.8. The highest BCUT2D eigenvalue weighted by Gasteiger charge is 2.35. The summed E-state index contributed by atoms with van der Waals surface area (Å²) in [6, 6.07) is 9.78. The van der Waals surface area contributed by atoms with Crippen molar-refractivity contribution in [2.75, 3.05) is 13.1 Å². The summed E-state index contributed by atoms with van der Waals surface area (Å²) >= 11 is 5.84. The smallest absolute Gasteiger partial charge is 0.249 e. The van der Waals surface area contributed by atoms with E-state index in [0.717, 1.165) is 5.56 Å². The zero-order valence-electron chi connectivity index (χ0n) is 13.6. The van der Waals surface area contributed by atoms with Gasteiger partial charge < -0.3 is 4.42 Å². The molecular weight excluding hydrogens is 376 g/mol. The van der Waals surface area contributed by atoms with Crippen molar-refractivity contribution in [2.24, 2.45) is 0 Å². The first-order valence-electron chi connectivity index (χ1n) is 8.03. The highest BCUT2D eigenvalue weighted by atomic mass is 35.5. The number of hydrogen-bond donors (Lipinski definition) is 0. The third-order valence-corrected chi connectivity index (χ3v) is 6.43. The van der Waals surface area contributed by atoms with Crippen LogP contribution in [0, 0.1) is 0 Å². The third kappa shape index (κ3) is 3.23. The molecule has 1 atom stereocenters. The normalized spacial score (nSPS) is 18.3. The maximum atomic E-state index is 12.8. The van der Waals surface area contributed by atoms with Crippen LogP contribution in [-0.4, -0.2) is 41.0 Å². The third-order valence-electron chi connectivity index (χ3n) is 4.30. The molecule has 0 bridgehead atoms. The van der Waals surface area contributed by atoms with Gasteiger partial charge in [-0.3, -0.25) is 4.98 Å². The standard InChI is InChI=1S/C17H15ClN4O3S/c18-14-3-5-15(6-4-14)26(23,24)22-9-7-13(11-22)17-21-20-16(25-17)12-2-1-8-19-10-12/h1-6,8,10,13H,7,9,11H2/t13-/m1/s1. The van der Waals surface area contributed by atoms with Crippen LogP contribution in [0.15, 0.2) is 58.1 Å². The molecule has 0 saturated carbocycles. The number of halogens is 1. The molecule has 1 aromatic carbocycles. The molecule has 1 aliphatic rings. The van der Waals surface area contributed by atoms with Gasteiger partial charge in [0.2, 0.25) is 21.8 Å². The van der Waals surface area contributed by atoms with Crippen LogP contribution >= 0.6 is 11.6 Å². The lowest BCUT2D eigenvalue weighted by atomic mass is 10.1. The Hall–Kier alpha value is -2.29. The van der Waals surface area contributed by atoms with Crippen LogP contribution in [-0.2, 0) is 10.0 Å². The van der Waals surface area contributed by atoms with E-state index in [9.17, 15) is 8.42 Å². The molecule has 0 radical (unpaired) electrons. The van der Waals surface area contributed by atoms with Gasteiger partial charge in [-0.05, 0) is 42.8 Å². The van der Waals surface area contributed by atoms with Crippen molar-refractivity contribution in [3.63, 3.8) is 0 Å². The molecule has 4 rings (SSSR count). The van der Waals surface area contributed by atoms with Gasteiger partial charge in [-0.15, -0.1) is 10.2 Å². The van der Waals surface area contributed by atoms with E-state index in [-0.39, 0.29) is 10.8 Å². The monoisotopic (exact) mass is 390 g/mol. The zero-order chi connectivity index (χ0) is 18.1. The molecule has 1 saturated heterocycles. The quantitative estimate of drug-likeness (QED) is 0.680. The lowest BCUT2D eigenvalue weighted by Crippen LogP contribution is -2.28. The van der Waals surface area contributed by atoms with E-state index in [1.807, 2.05) is 6.07 Å². The molecule has 0 spiro atoms. The van der Waals surface area contributed by atoms with Crippen molar-refractivity contribution in [3.8, 4) is 11.5 Å². The van der Waals surface area contributed by atoms with Crippen molar-refractivity contribution in [3.05, 3.63) is 59.7 Å². The van der Waals surface area contributed by atoms with Gasteiger partial charge in [0.25, 0.3) is 0 Å². The van der Waals surface area contributed by atoms with Gasteiger partial charge >= 0.3 is 0 Å². The summed E-state index contributed by atoms with van der Waals surface area (Å²) in [5.74, 6) is 0.694. The summed E-state index contributed by atoms with van der Waals surface area (Å²) in [6.07, 6.45) is 3.93. The molecule has 0 unspecified atom stereocenters. The second-order valence-electron chi connectivity index (χ2n) is 5.99. The summed E-state index contributed by atoms with van der Waals surface area (Å²) in [4.78, 5) is 4.25. The fourth-order valence-electron chi connectivity index (χ4n) is 2.91. The molecule has 9 heteroatoms. The molecule has 3 aromatic rings. The van der Waals surface area contributed by atoms with Gasteiger partial charge in [0.05, 0.1) is 16.4 Å². The van der Waals surface area contributed by atoms with Crippen molar-refractivity contribution in [1.82, 2.24) is 19.5 Å². The van der Waals surface area contributed by atoms with Gasteiger partial charge in [-0.1, -0.05) is 11.6 Å². The van der Waals surface area contributed by atoms with E-state index in [2.05, 4.69) is 15.2 Å². The van der Waals surface area contributed by atoms with E-state index in [0.29, 0.717) is 36.3 Å². The molecule has 3 heterocycles. The van der Waals surface area contributed by atoms with Crippen molar-refractivity contribution in [1.29, 1.82) is 0 Å². The van der Waals surface area contributed by atoms with Crippen molar-refractivity contribution >= 4 is 21.6 Å². The number of aromatic nitrogens is 3. The molecule has 1 fully saturated rings. The first kappa shape index (κ1) is 17.1. The summed E-state index contributed by atoms with van der Waals surface area (Å²) in [6.45, 7) is 0.708. The molecule has 134 valence electrons. The van der Waals surface area contributed by atoms with E-state index in [1.54, 1.807) is 30.6 Å². The fraction of sp³-hybridized carbons (Fsp3) is 0.235. The fourth-order valence-corrected chi connectivity index (χ4v) is 4.54. The second kappa shape index (κ2) is 6.79. The zero-order valence-corrected chi connectivity index (χ0v) is 15.2. The van der Waals surface area contributed by atoms with Crippen LogP contribution in [0.2, 0.25) is 5.02 Å². The Morgan fingerprint density at radius 2 is 1.96 bits per heavy atom. The van der Waals surface area contributed by atoms with E-state index in [4.69, 9.17) is 16.0 Å². The Morgan fingerprint density at radius 3 is 2.69 bits per heavy atom. The van der Waals surface area contributed by atoms with Crippen molar-refractivity contribution < 1.29 is 12.8 Å². The molecular formula is C17H15ClN4O3S. The maximum Gasteiger partial charge on any atom is 0.249 e. The van der Waals surface area contributed by atoms with Gasteiger partial charge in [-0.25, -0.2) is 8.42 Å². The lowest BCUT2D eigenvalue weighted by molar-refractivity contribution is 0.440. The Balaban J connectivity index is 1.52. The lowest BCUT2D eigenvalue weighted by Gasteiger charge is -2.16. The first-order valence-corrected chi connectivity index (χ1v) is 9.85. The summed E-state index contributed by atoms with van der Waals surface area (Å²) in [7, 11) is -3.57. The van der Waals surface area contributed by atoms with Crippen LogP contribution < -0.4 is 0 Å². The summed E-state index contributed by atoms with van der Waals surface area (Å²) < 4.78 is 32.7. The molecule has 0 N–H and O–H groups in total. The van der Waals surface area contributed by atoms with Crippen LogP contribution in [0.1, 0.15) is 18.2 Å². The SMILES string of the molecule is O=S(=O)(c1ccc(Cl)cc1)N1CC[C@@H](c2nnc(-c3cccnc3)o2)C1. The minimum absolute atomic E-state index is 0.130. The highest BCUT2D eigenvalue weighted by Crippen LogP contribution is 2.32. The molecule has 7 nitrogen and oxygen atoms in total. The van der Waals surface area contributed by atoms with Crippen LogP contribution in [0.5, 0.6) is 0 Å². The number of sulfonamides is 1. The van der Waals surface area contributed by atoms with Crippen molar-refractivity contribution in [2.45, 2.75) is 17.2 Å². The molecule has 2 aromatic heterocycles. The van der Waals surface area contributed by atoms with E-state index >= 15 is 0 Å². The molecule has 1 aliphatic heterocycles. The largest absolute Gasteiger partial charge is 0.420 e. The summed E-state index contributed by atoms with van der Waals surface area (Å²) in [5.41, 5.74) is 0.731. The highest BCUT2D eigenvalue weighted by molar-refractivity contribution is 7.89. The van der Waals surface area contributed by atoms with Crippen LogP contribution in [0.3, 0.4) is 0 Å². The molecule has 0 aliphatic carbocycles. The Bertz CT molecular complexity index is 1010. The number of nitrogens with zero attached hydrogens (tertiary/aromatic N) is 4. The number of hydrogen-bond acceptors (Lipinski definition) is 6. The van der Waals surface area contributed by atoms with Gasteiger partial charge in [0.15, 0.2) is 0 Å². The topological polar surface area (TPSA) is 89.2 Å². The number of benzene rings is 1. The van der Waals surface area contributed by atoms with E-state index < -0.39 is 10.0 Å². The number of pyridine rings is 1. The van der Waals surface area contributed by atoms with E-state index in [1.165, 1.54) is 16.4 Å². The summed E-state index contributed by atoms with van der Waals surface area (Å²) in [5, 5.41) is 8.64. The molecule has 26 heavy (non-hydrogen) atoms. The Labute approximate surface area is 155 Å². The average Bonchev–Trinajstić information content (AvgIpc) is 3.33. The van der Waals surface area contributed by atoms with Crippen LogP contribution in [0.25, 0.3) is 11.5 Å². The predicted octanol–water partition coefficient (Wildman–Crippen LogP) is 2.96. The van der Waals surface area contributed by atoms with Crippen LogP contribution in [0.4, 0.5) is 0 Å². The Kier molecular flexibility index (Phi) is 4.47. The first-order chi connectivity index (χ1) is 12.5. The molecule has 0 amide bonds. The minimum atomic E-state index is -3.57. The Morgan fingerprint density at radius 1 is 1.15 bits per heavy atom. The average molecular weight is 391 g/mol.